The molecule has 1 aromatic carbocycles. The standard InChI is InChI=1S/C19H20F3N5O.H2/c20-19(21,22)12-8-10-13(11-9-12)23-18-25-17-7-3-6-16(27(17)26-18)24-14-4-1-2-5-15(14)28;/h3,6-11,14-15,24,28H,1-2,4-5H2,(H,23,26);1H/t14-,15+;/m0./s1. The van der Waals surface area contributed by atoms with Crippen molar-refractivity contribution in [3.63, 3.8) is 0 Å². The predicted molar refractivity (Wildman–Crippen MR) is 102 cm³/mol. The number of hydrogen-bond acceptors (Lipinski definition) is 5. The number of halogens is 3. The van der Waals surface area contributed by atoms with Crippen LogP contribution >= 0.6 is 0 Å². The summed E-state index contributed by atoms with van der Waals surface area (Å²) in [4.78, 5) is 4.37. The molecule has 2 atom stereocenters. The summed E-state index contributed by atoms with van der Waals surface area (Å²) in [5, 5.41) is 20.8. The van der Waals surface area contributed by atoms with E-state index in [9.17, 15) is 18.3 Å². The third-order valence-corrected chi connectivity index (χ3v) is 4.89. The summed E-state index contributed by atoms with van der Waals surface area (Å²) in [5.41, 5.74) is 0.337. The Morgan fingerprint density at radius 3 is 2.54 bits per heavy atom. The quantitative estimate of drug-likeness (QED) is 0.611. The van der Waals surface area contributed by atoms with E-state index < -0.39 is 17.8 Å². The number of fused-ring (bicyclic) bond motifs is 1. The number of aliphatic hydroxyl groups is 1. The van der Waals surface area contributed by atoms with E-state index in [0.717, 1.165) is 37.8 Å². The maximum atomic E-state index is 12.7. The van der Waals surface area contributed by atoms with E-state index in [1.165, 1.54) is 12.1 Å². The molecule has 28 heavy (non-hydrogen) atoms. The maximum Gasteiger partial charge on any atom is 0.416 e. The molecular weight excluding hydrogens is 371 g/mol. The zero-order valence-electron chi connectivity index (χ0n) is 14.9. The summed E-state index contributed by atoms with van der Waals surface area (Å²) < 4.78 is 39.7. The highest BCUT2D eigenvalue weighted by Gasteiger charge is 2.30. The lowest BCUT2D eigenvalue weighted by molar-refractivity contribution is -0.137. The lowest BCUT2D eigenvalue weighted by Crippen LogP contribution is -2.36. The van der Waals surface area contributed by atoms with Gasteiger partial charge in [0.25, 0.3) is 0 Å². The van der Waals surface area contributed by atoms with Gasteiger partial charge in [0.05, 0.1) is 17.7 Å². The number of rotatable bonds is 4. The molecular formula is C19H22F3N5O. The molecule has 0 saturated heterocycles. The summed E-state index contributed by atoms with van der Waals surface area (Å²) in [7, 11) is 0. The molecule has 0 radical (unpaired) electrons. The number of pyridine rings is 1. The van der Waals surface area contributed by atoms with E-state index in [1.54, 1.807) is 10.6 Å². The summed E-state index contributed by atoms with van der Waals surface area (Å²) in [6.07, 6.45) is -1.05. The Labute approximate surface area is 160 Å². The fraction of sp³-hybridized carbons (Fsp3) is 0.368. The van der Waals surface area contributed by atoms with Gasteiger partial charge in [-0.3, -0.25) is 0 Å². The fourth-order valence-electron chi connectivity index (χ4n) is 3.41. The van der Waals surface area contributed by atoms with Crippen molar-refractivity contribution in [2.45, 2.75) is 44.0 Å². The topological polar surface area (TPSA) is 74.5 Å². The van der Waals surface area contributed by atoms with Gasteiger partial charge in [0.15, 0.2) is 5.65 Å². The van der Waals surface area contributed by atoms with E-state index in [0.29, 0.717) is 17.2 Å². The second kappa shape index (κ2) is 7.31. The van der Waals surface area contributed by atoms with Gasteiger partial charge in [0, 0.05) is 7.11 Å². The van der Waals surface area contributed by atoms with Crippen molar-refractivity contribution >= 4 is 23.1 Å². The van der Waals surface area contributed by atoms with Crippen molar-refractivity contribution in [2.24, 2.45) is 0 Å². The first-order valence-corrected chi connectivity index (χ1v) is 9.15. The normalized spacial score (nSPS) is 20.3. The first-order valence-electron chi connectivity index (χ1n) is 9.15. The fourth-order valence-corrected chi connectivity index (χ4v) is 3.41. The van der Waals surface area contributed by atoms with Gasteiger partial charge >= 0.3 is 6.18 Å². The Bertz CT molecular complexity index is 961. The molecule has 0 aliphatic heterocycles. The number of benzene rings is 1. The van der Waals surface area contributed by atoms with E-state index in [1.807, 2.05) is 12.1 Å². The number of aliphatic hydroxyl groups excluding tert-OH is 1. The highest BCUT2D eigenvalue weighted by atomic mass is 19.4. The van der Waals surface area contributed by atoms with Gasteiger partial charge in [0.2, 0.25) is 5.95 Å². The molecule has 3 N–H and O–H groups in total. The summed E-state index contributed by atoms with van der Waals surface area (Å²) in [6, 6.07) is 10.1. The molecule has 2 aromatic heterocycles. The summed E-state index contributed by atoms with van der Waals surface area (Å²) >= 11 is 0. The van der Waals surface area contributed by atoms with Crippen LogP contribution in [0, 0.1) is 0 Å². The van der Waals surface area contributed by atoms with Crippen LogP contribution in [0.3, 0.4) is 0 Å². The molecule has 0 spiro atoms. The summed E-state index contributed by atoms with van der Waals surface area (Å²) in [6.45, 7) is 0. The lowest BCUT2D eigenvalue weighted by atomic mass is 9.92. The molecule has 9 heteroatoms. The number of anilines is 3. The largest absolute Gasteiger partial charge is 0.416 e. The van der Waals surface area contributed by atoms with Gasteiger partial charge in [0.1, 0.15) is 5.82 Å². The average molecular weight is 393 g/mol. The molecule has 1 saturated carbocycles. The number of nitrogens with one attached hydrogen (secondary N) is 2. The third-order valence-electron chi connectivity index (χ3n) is 4.89. The summed E-state index contributed by atoms with van der Waals surface area (Å²) in [5.74, 6) is 0.981. The SMILES string of the molecule is O[C@@H]1CCCC[C@@H]1Nc1cccc2nc(Nc3ccc(C(F)(F)F)cc3)nn12.[HH]. The smallest absolute Gasteiger partial charge is 0.391 e. The Hall–Kier alpha value is -2.81. The van der Waals surface area contributed by atoms with E-state index in [-0.39, 0.29) is 13.4 Å². The Kier molecular flexibility index (Phi) is 4.84. The van der Waals surface area contributed by atoms with E-state index in [4.69, 9.17) is 0 Å². The number of alkyl halides is 3. The second-order valence-electron chi connectivity index (χ2n) is 6.92. The van der Waals surface area contributed by atoms with Gasteiger partial charge in [-0.25, -0.2) is 0 Å². The highest BCUT2D eigenvalue weighted by Crippen LogP contribution is 2.30. The first-order chi connectivity index (χ1) is 13.4. The van der Waals surface area contributed by atoms with E-state index >= 15 is 0 Å². The van der Waals surface area contributed by atoms with Gasteiger partial charge in [-0.2, -0.15) is 22.7 Å². The molecule has 0 unspecified atom stereocenters. The highest BCUT2D eigenvalue weighted by molar-refractivity contribution is 5.58. The molecule has 2 heterocycles. The van der Waals surface area contributed by atoms with Crippen LogP contribution in [0.2, 0.25) is 0 Å². The third kappa shape index (κ3) is 3.89. The number of nitrogens with zero attached hydrogens (tertiary/aromatic N) is 3. The first kappa shape index (κ1) is 18.5. The van der Waals surface area contributed by atoms with Crippen molar-refractivity contribution in [2.75, 3.05) is 10.6 Å². The zero-order chi connectivity index (χ0) is 19.7. The maximum absolute atomic E-state index is 12.7. The molecule has 4 rings (SSSR count). The molecule has 6 nitrogen and oxygen atoms in total. The predicted octanol–water partition coefficient (Wildman–Crippen LogP) is 4.45. The van der Waals surface area contributed by atoms with Crippen LogP contribution in [0.25, 0.3) is 5.65 Å². The van der Waals surface area contributed by atoms with Crippen LogP contribution in [-0.4, -0.2) is 31.9 Å². The lowest BCUT2D eigenvalue weighted by Gasteiger charge is -2.29. The monoisotopic (exact) mass is 393 g/mol. The van der Waals surface area contributed by atoms with Crippen molar-refractivity contribution in [1.82, 2.24) is 14.6 Å². The minimum Gasteiger partial charge on any atom is -0.391 e. The zero-order valence-corrected chi connectivity index (χ0v) is 14.9. The van der Waals surface area contributed by atoms with Crippen LogP contribution in [0.1, 0.15) is 32.7 Å². The molecule has 3 aromatic rings. The van der Waals surface area contributed by atoms with Gasteiger partial charge < -0.3 is 15.7 Å². The number of aromatic nitrogens is 3. The molecule has 0 amide bonds. The minimum absolute atomic E-state index is 0. The number of hydrogen-bond donors (Lipinski definition) is 3. The van der Waals surface area contributed by atoms with Gasteiger partial charge in [-0.15, -0.1) is 5.10 Å². The Morgan fingerprint density at radius 1 is 1.07 bits per heavy atom. The minimum atomic E-state index is -4.37. The Balaban J connectivity index is 0.00000240. The Morgan fingerprint density at radius 2 is 1.82 bits per heavy atom. The van der Waals surface area contributed by atoms with Crippen LogP contribution < -0.4 is 10.6 Å². The van der Waals surface area contributed by atoms with Gasteiger partial charge in [-0.1, -0.05) is 18.9 Å². The second-order valence-corrected chi connectivity index (χ2v) is 6.92. The van der Waals surface area contributed by atoms with Crippen LogP contribution in [0.15, 0.2) is 42.5 Å². The van der Waals surface area contributed by atoms with Crippen molar-refractivity contribution < 1.29 is 19.7 Å². The molecule has 1 aliphatic rings. The van der Waals surface area contributed by atoms with E-state index in [2.05, 4.69) is 20.7 Å². The van der Waals surface area contributed by atoms with Crippen LogP contribution in [0.5, 0.6) is 0 Å². The molecule has 1 aliphatic carbocycles. The van der Waals surface area contributed by atoms with Gasteiger partial charge in [-0.05, 0) is 49.2 Å². The average Bonchev–Trinajstić information content (AvgIpc) is 3.07. The van der Waals surface area contributed by atoms with Crippen molar-refractivity contribution in [3.05, 3.63) is 48.0 Å². The molecule has 150 valence electrons. The molecule has 1 fully saturated rings. The van der Waals surface area contributed by atoms with Crippen LogP contribution in [0.4, 0.5) is 30.6 Å². The van der Waals surface area contributed by atoms with Crippen LogP contribution in [-0.2, 0) is 6.18 Å². The van der Waals surface area contributed by atoms with Crippen molar-refractivity contribution in [3.8, 4) is 0 Å². The van der Waals surface area contributed by atoms with Crippen molar-refractivity contribution in [1.29, 1.82) is 0 Å². The molecule has 0 bridgehead atoms.